The van der Waals surface area contributed by atoms with Gasteiger partial charge in [0.05, 0.1) is 12.0 Å². The van der Waals surface area contributed by atoms with Crippen molar-refractivity contribution in [1.29, 1.82) is 0 Å². The van der Waals surface area contributed by atoms with Crippen LogP contribution in [0, 0.1) is 5.92 Å². The topological polar surface area (TPSA) is 26.3 Å². The van der Waals surface area contributed by atoms with E-state index in [9.17, 15) is 4.79 Å². The Hall–Kier alpha value is -0.830. The Morgan fingerprint density at radius 3 is 2.58 bits per heavy atom. The first-order valence-corrected chi connectivity index (χ1v) is 7.75. The zero-order valence-electron chi connectivity index (χ0n) is 11.8. The number of carbonyl (C=O) groups is 1. The summed E-state index contributed by atoms with van der Waals surface area (Å²) in [6, 6.07) is 6.33. The number of hydrogen-bond acceptors (Lipinski definition) is 2. The molecule has 0 heterocycles. The predicted octanol–water partition coefficient (Wildman–Crippen LogP) is 4.24. The Morgan fingerprint density at radius 1 is 1.42 bits per heavy atom. The quantitative estimate of drug-likeness (QED) is 0.757. The Bertz CT molecular complexity index is 476. The van der Waals surface area contributed by atoms with E-state index in [1.54, 1.807) is 0 Å². The monoisotopic (exact) mass is 324 g/mol. The van der Waals surface area contributed by atoms with Crippen LogP contribution in [0.4, 0.5) is 0 Å². The number of halogens is 1. The molecule has 2 nitrogen and oxygen atoms in total. The van der Waals surface area contributed by atoms with Crippen molar-refractivity contribution >= 4 is 21.9 Å². The van der Waals surface area contributed by atoms with Gasteiger partial charge in [-0.1, -0.05) is 41.9 Å². The minimum Gasteiger partial charge on any atom is -0.465 e. The Balaban J connectivity index is 2.23. The van der Waals surface area contributed by atoms with E-state index in [0.29, 0.717) is 12.5 Å². The molecule has 0 bridgehead atoms. The highest BCUT2D eigenvalue weighted by Gasteiger charge is 2.52. The maximum Gasteiger partial charge on any atom is 0.316 e. The third-order valence-corrected chi connectivity index (χ3v) is 4.39. The van der Waals surface area contributed by atoms with E-state index in [4.69, 9.17) is 4.74 Å². The fraction of sp³-hybridized carbons (Fsp3) is 0.562. The third-order valence-electron chi connectivity index (χ3n) is 3.65. The molecule has 1 fully saturated rings. The molecule has 2 rings (SSSR count). The predicted molar refractivity (Wildman–Crippen MR) is 80.2 cm³/mol. The van der Waals surface area contributed by atoms with E-state index in [1.807, 2.05) is 6.92 Å². The summed E-state index contributed by atoms with van der Waals surface area (Å²) in [6.45, 7) is 6.73. The summed E-state index contributed by atoms with van der Waals surface area (Å²) in [5.74, 6) is 0.556. The van der Waals surface area contributed by atoms with E-state index in [2.05, 4.69) is 48.0 Å². The van der Waals surface area contributed by atoms with Crippen LogP contribution in [-0.2, 0) is 21.4 Å². The van der Waals surface area contributed by atoms with E-state index in [0.717, 1.165) is 29.3 Å². The maximum atomic E-state index is 12.1. The number of hydrogen-bond donors (Lipinski definition) is 0. The van der Waals surface area contributed by atoms with Gasteiger partial charge >= 0.3 is 5.97 Å². The summed E-state index contributed by atoms with van der Waals surface area (Å²) in [6.07, 6.45) is 2.86. The molecule has 0 saturated heterocycles. The first-order valence-electron chi connectivity index (χ1n) is 6.95. The summed E-state index contributed by atoms with van der Waals surface area (Å²) in [5.41, 5.74) is 2.03. The van der Waals surface area contributed by atoms with Crippen LogP contribution in [0.25, 0.3) is 0 Å². The van der Waals surface area contributed by atoms with Gasteiger partial charge in [0, 0.05) is 4.47 Å². The van der Waals surface area contributed by atoms with E-state index in [1.165, 1.54) is 5.56 Å². The van der Waals surface area contributed by atoms with Crippen molar-refractivity contribution < 1.29 is 9.53 Å². The molecular weight excluding hydrogens is 304 g/mol. The molecule has 0 atom stereocenters. The normalized spacial score (nSPS) is 16.5. The zero-order valence-corrected chi connectivity index (χ0v) is 13.4. The first-order chi connectivity index (χ1) is 8.99. The number of carbonyl (C=O) groups excluding carboxylic acids is 1. The molecule has 104 valence electrons. The van der Waals surface area contributed by atoms with Crippen molar-refractivity contribution in [2.24, 2.45) is 5.92 Å². The zero-order chi connectivity index (χ0) is 14.0. The standard InChI is InChI=1S/C16H21BrO2/c1-4-19-15(18)16(7-8-16)13-6-5-12(9-11(2)3)14(17)10-13/h5-6,10-11H,4,7-9H2,1-3H3. The Kier molecular flexibility index (Phi) is 4.34. The highest BCUT2D eigenvalue weighted by molar-refractivity contribution is 9.10. The van der Waals surface area contributed by atoms with Gasteiger partial charge in [-0.15, -0.1) is 0 Å². The highest BCUT2D eigenvalue weighted by Crippen LogP contribution is 2.50. The summed E-state index contributed by atoms with van der Waals surface area (Å²) in [4.78, 5) is 12.1. The van der Waals surface area contributed by atoms with Crippen molar-refractivity contribution in [3.8, 4) is 0 Å². The minimum atomic E-state index is -0.366. The second-order valence-corrected chi connectivity index (χ2v) is 6.56. The molecule has 0 radical (unpaired) electrons. The minimum absolute atomic E-state index is 0.0708. The molecule has 0 aromatic heterocycles. The van der Waals surface area contributed by atoms with Crippen LogP contribution in [-0.4, -0.2) is 12.6 Å². The van der Waals surface area contributed by atoms with E-state index >= 15 is 0 Å². The molecule has 0 spiro atoms. The van der Waals surface area contributed by atoms with E-state index < -0.39 is 0 Å². The second-order valence-electron chi connectivity index (χ2n) is 5.71. The molecule has 0 aliphatic heterocycles. The lowest BCUT2D eigenvalue weighted by molar-refractivity contribution is -0.146. The summed E-state index contributed by atoms with van der Waals surface area (Å²) < 4.78 is 6.31. The lowest BCUT2D eigenvalue weighted by Gasteiger charge is -2.16. The number of esters is 1. The van der Waals surface area contributed by atoms with Crippen LogP contribution in [0.5, 0.6) is 0 Å². The third kappa shape index (κ3) is 3.02. The molecule has 0 unspecified atom stereocenters. The smallest absolute Gasteiger partial charge is 0.316 e. The Morgan fingerprint density at radius 2 is 2.11 bits per heavy atom. The van der Waals surface area contributed by atoms with Crippen molar-refractivity contribution in [1.82, 2.24) is 0 Å². The lowest BCUT2D eigenvalue weighted by Crippen LogP contribution is -2.23. The maximum absolute atomic E-state index is 12.1. The molecule has 1 aromatic rings. The molecule has 0 N–H and O–H groups in total. The molecule has 19 heavy (non-hydrogen) atoms. The second kappa shape index (κ2) is 5.66. The van der Waals surface area contributed by atoms with Crippen LogP contribution in [0.3, 0.4) is 0 Å². The van der Waals surface area contributed by atoms with Crippen LogP contribution in [0.2, 0.25) is 0 Å². The average Bonchev–Trinajstić information content (AvgIpc) is 3.13. The summed E-state index contributed by atoms with van der Waals surface area (Å²) >= 11 is 3.63. The summed E-state index contributed by atoms with van der Waals surface area (Å²) in [5, 5.41) is 0. The van der Waals surface area contributed by atoms with Gasteiger partial charge in [0.1, 0.15) is 0 Å². The molecule has 1 saturated carbocycles. The molecule has 1 aliphatic rings. The van der Waals surface area contributed by atoms with Gasteiger partial charge < -0.3 is 4.74 Å². The molecule has 0 amide bonds. The fourth-order valence-electron chi connectivity index (χ4n) is 2.46. The number of benzene rings is 1. The largest absolute Gasteiger partial charge is 0.465 e. The van der Waals surface area contributed by atoms with Crippen LogP contribution >= 0.6 is 15.9 Å². The molecule has 1 aromatic carbocycles. The average molecular weight is 325 g/mol. The molecular formula is C16H21BrO2. The number of ether oxygens (including phenoxy) is 1. The highest BCUT2D eigenvalue weighted by atomic mass is 79.9. The summed E-state index contributed by atoms with van der Waals surface area (Å²) in [7, 11) is 0. The first kappa shape index (κ1) is 14.6. The van der Waals surface area contributed by atoms with Crippen molar-refractivity contribution in [2.45, 2.75) is 45.4 Å². The van der Waals surface area contributed by atoms with Gasteiger partial charge in [0.15, 0.2) is 0 Å². The van der Waals surface area contributed by atoms with E-state index in [-0.39, 0.29) is 11.4 Å². The van der Waals surface area contributed by atoms with Gasteiger partial charge in [0.25, 0.3) is 0 Å². The van der Waals surface area contributed by atoms with Crippen molar-refractivity contribution in [3.05, 3.63) is 33.8 Å². The van der Waals surface area contributed by atoms with Crippen molar-refractivity contribution in [3.63, 3.8) is 0 Å². The van der Waals surface area contributed by atoms with Gasteiger partial charge in [-0.3, -0.25) is 4.79 Å². The lowest BCUT2D eigenvalue weighted by atomic mass is 9.93. The number of rotatable bonds is 5. The molecule has 3 heteroatoms. The molecule has 1 aliphatic carbocycles. The van der Waals surface area contributed by atoms with Gasteiger partial charge in [-0.05, 0) is 49.3 Å². The van der Waals surface area contributed by atoms with Crippen molar-refractivity contribution in [2.75, 3.05) is 6.61 Å². The fourth-order valence-corrected chi connectivity index (χ4v) is 3.00. The SMILES string of the molecule is CCOC(=O)C1(c2ccc(CC(C)C)c(Br)c2)CC1. The van der Waals surface area contributed by atoms with Gasteiger partial charge in [0.2, 0.25) is 0 Å². The van der Waals surface area contributed by atoms with Crippen LogP contribution in [0.1, 0.15) is 44.7 Å². The van der Waals surface area contributed by atoms with Gasteiger partial charge in [-0.25, -0.2) is 0 Å². The van der Waals surface area contributed by atoms with Crippen LogP contribution < -0.4 is 0 Å². The Labute approximate surface area is 123 Å². The van der Waals surface area contributed by atoms with Gasteiger partial charge in [-0.2, -0.15) is 0 Å². The van der Waals surface area contributed by atoms with Crippen LogP contribution in [0.15, 0.2) is 22.7 Å².